The van der Waals surface area contributed by atoms with Gasteiger partial charge in [-0.15, -0.1) is 0 Å². The predicted octanol–water partition coefficient (Wildman–Crippen LogP) is 2.52. The second kappa shape index (κ2) is 7.69. The number of esters is 1. The summed E-state index contributed by atoms with van der Waals surface area (Å²) in [6.07, 6.45) is 3.45. The van der Waals surface area contributed by atoms with Gasteiger partial charge < -0.3 is 14.2 Å². The lowest BCUT2D eigenvalue weighted by Gasteiger charge is -2.15. The fourth-order valence-corrected chi connectivity index (χ4v) is 2.16. The van der Waals surface area contributed by atoms with Crippen molar-refractivity contribution >= 4 is 23.6 Å². The SMILES string of the molecule is COc1cc(C=CC(=O)C2C(=O)C=C(C)OC2=O)ccc1OC(F)F. The van der Waals surface area contributed by atoms with E-state index in [1.165, 1.54) is 38.3 Å². The number of ether oxygens (including phenoxy) is 3. The Morgan fingerprint density at radius 3 is 2.60 bits per heavy atom. The van der Waals surface area contributed by atoms with Gasteiger partial charge in [-0.2, -0.15) is 8.78 Å². The Labute approximate surface area is 141 Å². The van der Waals surface area contributed by atoms with Gasteiger partial charge in [-0.1, -0.05) is 12.1 Å². The number of cyclic esters (lactones) is 1. The Morgan fingerprint density at radius 1 is 1.28 bits per heavy atom. The molecule has 0 saturated heterocycles. The van der Waals surface area contributed by atoms with E-state index < -0.39 is 30.1 Å². The van der Waals surface area contributed by atoms with Crippen molar-refractivity contribution in [2.45, 2.75) is 13.5 Å². The van der Waals surface area contributed by atoms with Crippen LogP contribution >= 0.6 is 0 Å². The maximum atomic E-state index is 12.3. The number of alkyl halides is 2. The van der Waals surface area contributed by atoms with Crippen LogP contribution in [0.1, 0.15) is 12.5 Å². The molecule has 0 spiro atoms. The highest BCUT2D eigenvalue weighted by Crippen LogP contribution is 2.30. The van der Waals surface area contributed by atoms with E-state index in [4.69, 9.17) is 9.47 Å². The first-order valence-electron chi connectivity index (χ1n) is 7.10. The minimum absolute atomic E-state index is 0.0432. The lowest BCUT2D eigenvalue weighted by molar-refractivity contribution is -0.151. The highest BCUT2D eigenvalue weighted by Gasteiger charge is 2.36. The number of rotatable bonds is 6. The average Bonchev–Trinajstić information content (AvgIpc) is 2.52. The van der Waals surface area contributed by atoms with Crippen LogP contribution in [-0.2, 0) is 19.1 Å². The van der Waals surface area contributed by atoms with Crippen molar-refractivity contribution in [3.05, 3.63) is 41.7 Å². The number of carbonyl (C=O) groups is 3. The van der Waals surface area contributed by atoms with Crippen molar-refractivity contribution in [1.29, 1.82) is 0 Å². The summed E-state index contributed by atoms with van der Waals surface area (Å²) in [6.45, 7) is -1.57. The molecule has 132 valence electrons. The molecule has 2 rings (SSSR count). The molecule has 25 heavy (non-hydrogen) atoms. The number of carbonyl (C=O) groups excluding carboxylic acids is 3. The summed E-state index contributed by atoms with van der Waals surface area (Å²) >= 11 is 0. The molecule has 1 atom stereocenters. The molecule has 0 amide bonds. The van der Waals surface area contributed by atoms with Gasteiger partial charge in [0.05, 0.1) is 7.11 Å². The third-order valence-electron chi connectivity index (χ3n) is 3.26. The molecule has 0 radical (unpaired) electrons. The zero-order valence-electron chi connectivity index (χ0n) is 13.3. The van der Waals surface area contributed by atoms with E-state index in [1.54, 1.807) is 0 Å². The topological polar surface area (TPSA) is 78.9 Å². The maximum Gasteiger partial charge on any atom is 0.387 e. The summed E-state index contributed by atoms with van der Waals surface area (Å²) in [5.74, 6) is -3.86. The van der Waals surface area contributed by atoms with Crippen LogP contribution in [-0.4, -0.2) is 31.3 Å². The summed E-state index contributed by atoms with van der Waals surface area (Å²) in [7, 11) is 1.28. The molecule has 1 aromatic rings. The maximum absolute atomic E-state index is 12.3. The van der Waals surface area contributed by atoms with Crippen LogP contribution in [0.5, 0.6) is 11.5 Å². The number of benzene rings is 1. The van der Waals surface area contributed by atoms with E-state index in [0.717, 1.165) is 12.2 Å². The van der Waals surface area contributed by atoms with E-state index in [0.29, 0.717) is 5.56 Å². The smallest absolute Gasteiger partial charge is 0.387 e. The number of halogens is 2. The summed E-state index contributed by atoms with van der Waals surface area (Å²) in [4.78, 5) is 35.5. The molecule has 0 bridgehead atoms. The Bertz CT molecular complexity index is 766. The van der Waals surface area contributed by atoms with Crippen molar-refractivity contribution in [3.8, 4) is 11.5 Å². The van der Waals surface area contributed by atoms with Crippen LogP contribution in [0, 0.1) is 5.92 Å². The molecule has 8 heteroatoms. The molecule has 0 N–H and O–H groups in total. The van der Waals surface area contributed by atoms with Crippen LogP contribution in [0.3, 0.4) is 0 Å². The molecule has 0 aromatic heterocycles. The number of hydrogen-bond donors (Lipinski definition) is 0. The van der Waals surface area contributed by atoms with Gasteiger partial charge in [0.25, 0.3) is 0 Å². The molecule has 1 aliphatic rings. The van der Waals surface area contributed by atoms with E-state index in [2.05, 4.69) is 4.74 Å². The molecule has 1 unspecified atom stereocenters. The van der Waals surface area contributed by atoms with Crippen molar-refractivity contribution in [2.24, 2.45) is 5.92 Å². The number of ketones is 2. The minimum atomic E-state index is -3.00. The lowest BCUT2D eigenvalue weighted by atomic mass is 9.96. The Morgan fingerprint density at radius 2 is 2.00 bits per heavy atom. The largest absolute Gasteiger partial charge is 0.493 e. The zero-order chi connectivity index (χ0) is 18.6. The first-order chi connectivity index (χ1) is 11.8. The van der Waals surface area contributed by atoms with E-state index in [1.807, 2.05) is 0 Å². The molecule has 0 fully saturated rings. The van der Waals surface area contributed by atoms with Crippen LogP contribution < -0.4 is 9.47 Å². The van der Waals surface area contributed by atoms with Crippen LogP contribution in [0.4, 0.5) is 8.78 Å². The van der Waals surface area contributed by atoms with E-state index in [9.17, 15) is 23.2 Å². The first-order valence-corrected chi connectivity index (χ1v) is 7.10. The van der Waals surface area contributed by atoms with Crippen molar-refractivity contribution in [3.63, 3.8) is 0 Å². The van der Waals surface area contributed by atoms with Crippen molar-refractivity contribution < 1.29 is 37.4 Å². The quantitative estimate of drug-likeness (QED) is 0.445. The van der Waals surface area contributed by atoms with Crippen molar-refractivity contribution in [1.82, 2.24) is 0 Å². The van der Waals surface area contributed by atoms with Crippen LogP contribution in [0.2, 0.25) is 0 Å². The normalized spacial score (nSPS) is 17.5. The third-order valence-corrected chi connectivity index (χ3v) is 3.26. The van der Waals surface area contributed by atoms with Gasteiger partial charge in [0.15, 0.2) is 29.0 Å². The molecule has 1 aliphatic heterocycles. The van der Waals surface area contributed by atoms with Crippen LogP contribution in [0.25, 0.3) is 6.08 Å². The molecular formula is C17H14F2O6. The van der Waals surface area contributed by atoms with Crippen molar-refractivity contribution in [2.75, 3.05) is 7.11 Å². The highest BCUT2D eigenvalue weighted by atomic mass is 19.3. The molecule has 0 saturated carbocycles. The summed E-state index contributed by atoms with van der Waals surface area (Å²) in [5.41, 5.74) is 0.426. The van der Waals surface area contributed by atoms with Gasteiger partial charge in [-0.3, -0.25) is 14.4 Å². The van der Waals surface area contributed by atoms with Crippen LogP contribution in [0.15, 0.2) is 36.1 Å². The number of hydrogen-bond acceptors (Lipinski definition) is 6. The second-order valence-electron chi connectivity index (χ2n) is 5.04. The summed E-state index contributed by atoms with van der Waals surface area (Å²) in [6, 6.07) is 4.03. The van der Waals surface area contributed by atoms with Gasteiger partial charge in [0, 0.05) is 6.08 Å². The van der Waals surface area contributed by atoms with Gasteiger partial charge >= 0.3 is 12.6 Å². The second-order valence-corrected chi connectivity index (χ2v) is 5.04. The molecular weight excluding hydrogens is 338 g/mol. The van der Waals surface area contributed by atoms with Gasteiger partial charge in [-0.25, -0.2) is 0 Å². The summed E-state index contributed by atoms with van der Waals surface area (Å²) in [5, 5.41) is 0. The van der Waals surface area contributed by atoms with Gasteiger partial charge in [-0.05, 0) is 30.7 Å². The fraction of sp³-hybridized carbons (Fsp3) is 0.235. The zero-order valence-corrected chi connectivity index (χ0v) is 13.3. The number of methoxy groups -OCH3 is 1. The Hall–Kier alpha value is -3.03. The van der Waals surface area contributed by atoms with Gasteiger partial charge in [0.2, 0.25) is 0 Å². The minimum Gasteiger partial charge on any atom is -0.493 e. The predicted molar refractivity (Wildman–Crippen MR) is 82.0 cm³/mol. The van der Waals surface area contributed by atoms with E-state index in [-0.39, 0.29) is 17.3 Å². The monoisotopic (exact) mass is 352 g/mol. The van der Waals surface area contributed by atoms with Gasteiger partial charge in [0.1, 0.15) is 5.76 Å². The Balaban J connectivity index is 2.17. The highest BCUT2D eigenvalue weighted by molar-refractivity contribution is 6.25. The summed E-state index contributed by atoms with van der Waals surface area (Å²) < 4.78 is 38.6. The Kier molecular flexibility index (Phi) is 5.63. The third kappa shape index (κ3) is 4.50. The molecule has 0 aliphatic carbocycles. The first kappa shape index (κ1) is 18.3. The number of allylic oxidation sites excluding steroid dienone is 3. The lowest BCUT2D eigenvalue weighted by Crippen LogP contribution is -2.34. The molecule has 6 nitrogen and oxygen atoms in total. The molecule has 1 heterocycles. The van der Waals surface area contributed by atoms with E-state index >= 15 is 0 Å². The average molecular weight is 352 g/mol. The standard InChI is InChI=1S/C17H14F2O6/c1-9-7-12(21)15(16(22)24-9)11(20)5-3-10-4-6-13(25-17(18)19)14(8-10)23-2/h3-8,15,17H,1-2H3. The fourth-order valence-electron chi connectivity index (χ4n) is 2.16. The molecule has 1 aromatic carbocycles.